The van der Waals surface area contributed by atoms with Crippen LogP contribution in [-0.4, -0.2) is 35.1 Å². The minimum absolute atomic E-state index is 0.130. The third-order valence-corrected chi connectivity index (χ3v) is 4.35. The van der Waals surface area contributed by atoms with Crippen molar-refractivity contribution >= 4 is 34.9 Å². The molecular formula is C16H12Cl2F3N3O2. The maximum atomic E-state index is 12.6. The van der Waals surface area contributed by atoms with E-state index < -0.39 is 18.0 Å². The van der Waals surface area contributed by atoms with Crippen molar-refractivity contribution in [1.29, 1.82) is 0 Å². The predicted octanol–water partition coefficient (Wildman–Crippen LogP) is 4.70. The SMILES string of the molecule is O=C(Nc1ccc(Cl)c(Cl)c1)N1CC(Oc2cccc(C(F)(F)F)n2)C1. The van der Waals surface area contributed by atoms with Crippen LogP contribution < -0.4 is 10.1 Å². The quantitative estimate of drug-likeness (QED) is 0.804. The molecule has 0 atom stereocenters. The molecule has 1 N–H and O–H groups in total. The Labute approximate surface area is 156 Å². The Balaban J connectivity index is 1.52. The molecule has 1 aromatic heterocycles. The first-order valence-electron chi connectivity index (χ1n) is 7.44. The first kappa shape index (κ1) is 18.6. The van der Waals surface area contributed by atoms with Gasteiger partial charge in [-0.3, -0.25) is 0 Å². The Morgan fingerprint density at radius 1 is 1.19 bits per heavy atom. The molecule has 1 aromatic carbocycles. The fourth-order valence-corrected chi connectivity index (χ4v) is 2.56. The van der Waals surface area contributed by atoms with Gasteiger partial charge < -0.3 is 15.0 Å². The lowest BCUT2D eigenvalue weighted by atomic mass is 10.2. The van der Waals surface area contributed by atoms with Crippen LogP contribution in [0.1, 0.15) is 5.69 Å². The first-order chi connectivity index (χ1) is 12.2. The number of pyridine rings is 1. The number of aromatic nitrogens is 1. The van der Waals surface area contributed by atoms with E-state index in [1.807, 2.05) is 0 Å². The lowest BCUT2D eigenvalue weighted by molar-refractivity contribution is -0.141. The van der Waals surface area contributed by atoms with Crippen molar-refractivity contribution in [2.75, 3.05) is 18.4 Å². The van der Waals surface area contributed by atoms with Crippen molar-refractivity contribution in [3.8, 4) is 5.88 Å². The van der Waals surface area contributed by atoms with Crippen LogP contribution in [0, 0.1) is 0 Å². The molecule has 1 saturated heterocycles. The van der Waals surface area contributed by atoms with Crippen LogP contribution in [0.3, 0.4) is 0 Å². The molecule has 1 aliphatic heterocycles. The molecule has 0 radical (unpaired) electrons. The predicted molar refractivity (Wildman–Crippen MR) is 90.7 cm³/mol. The van der Waals surface area contributed by atoms with Gasteiger partial charge in [-0.1, -0.05) is 29.3 Å². The van der Waals surface area contributed by atoms with E-state index in [4.69, 9.17) is 27.9 Å². The third-order valence-electron chi connectivity index (χ3n) is 3.61. The zero-order valence-corrected chi connectivity index (χ0v) is 14.6. The van der Waals surface area contributed by atoms with Crippen molar-refractivity contribution in [2.24, 2.45) is 0 Å². The Kier molecular flexibility index (Phi) is 5.15. The highest BCUT2D eigenvalue weighted by Crippen LogP contribution is 2.29. The third kappa shape index (κ3) is 4.31. The van der Waals surface area contributed by atoms with Gasteiger partial charge in [0.1, 0.15) is 11.8 Å². The molecule has 0 spiro atoms. The summed E-state index contributed by atoms with van der Waals surface area (Å²) in [6, 6.07) is 7.73. The molecule has 0 saturated carbocycles. The van der Waals surface area contributed by atoms with Gasteiger partial charge in [0.25, 0.3) is 0 Å². The highest BCUT2D eigenvalue weighted by atomic mass is 35.5. The van der Waals surface area contributed by atoms with E-state index in [0.29, 0.717) is 15.7 Å². The molecule has 10 heteroatoms. The summed E-state index contributed by atoms with van der Waals surface area (Å²) in [6.07, 6.45) is -4.96. The maximum absolute atomic E-state index is 12.6. The highest BCUT2D eigenvalue weighted by Gasteiger charge is 2.35. The number of hydrogen-bond acceptors (Lipinski definition) is 3. The summed E-state index contributed by atoms with van der Waals surface area (Å²) >= 11 is 11.7. The van der Waals surface area contributed by atoms with Crippen molar-refractivity contribution in [2.45, 2.75) is 12.3 Å². The number of rotatable bonds is 3. The summed E-state index contributed by atoms with van der Waals surface area (Å²) in [5.74, 6) is -0.130. The van der Waals surface area contributed by atoms with E-state index in [1.165, 1.54) is 23.1 Å². The Morgan fingerprint density at radius 3 is 2.58 bits per heavy atom. The van der Waals surface area contributed by atoms with E-state index in [-0.39, 0.29) is 25.0 Å². The van der Waals surface area contributed by atoms with Crippen LogP contribution in [0.15, 0.2) is 36.4 Å². The molecule has 0 aliphatic carbocycles. The molecule has 138 valence electrons. The molecule has 3 rings (SSSR count). The fourth-order valence-electron chi connectivity index (χ4n) is 2.26. The number of carbonyl (C=O) groups excluding carboxylic acids is 1. The van der Waals surface area contributed by atoms with Crippen LogP contribution in [0.4, 0.5) is 23.7 Å². The number of urea groups is 1. The van der Waals surface area contributed by atoms with E-state index in [9.17, 15) is 18.0 Å². The van der Waals surface area contributed by atoms with Gasteiger partial charge in [0.2, 0.25) is 5.88 Å². The summed E-state index contributed by atoms with van der Waals surface area (Å²) in [6.45, 7) is 0.455. The Morgan fingerprint density at radius 2 is 1.92 bits per heavy atom. The summed E-state index contributed by atoms with van der Waals surface area (Å²) in [4.78, 5) is 17.0. The van der Waals surface area contributed by atoms with Crippen molar-refractivity contribution in [1.82, 2.24) is 9.88 Å². The van der Waals surface area contributed by atoms with Gasteiger partial charge in [-0.05, 0) is 24.3 Å². The summed E-state index contributed by atoms with van der Waals surface area (Å²) in [5.41, 5.74) is -0.545. The number of carbonyl (C=O) groups is 1. The summed E-state index contributed by atoms with van der Waals surface area (Å²) < 4.78 is 43.3. The fraction of sp³-hybridized carbons (Fsp3) is 0.250. The minimum Gasteiger partial charge on any atom is -0.471 e. The van der Waals surface area contributed by atoms with Gasteiger partial charge in [-0.2, -0.15) is 13.2 Å². The first-order valence-corrected chi connectivity index (χ1v) is 8.20. The molecule has 0 bridgehead atoms. The Bertz CT molecular complexity index is 827. The van der Waals surface area contributed by atoms with Gasteiger partial charge in [-0.25, -0.2) is 9.78 Å². The Hall–Kier alpha value is -2.19. The second kappa shape index (κ2) is 7.20. The zero-order valence-electron chi connectivity index (χ0n) is 13.1. The van der Waals surface area contributed by atoms with Crippen LogP contribution in [-0.2, 0) is 6.18 Å². The second-order valence-electron chi connectivity index (χ2n) is 5.56. The van der Waals surface area contributed by atoms with Crippen LogP contribution in [0.2, 0.25) is 10.0 Å². The average molecular weight is 406 g/mol. The number of nitrogens with zero attached hydrogens (tertiary/aromatic N) is 2. The summed E-state index contributed by atoms with van der Waals surface area (Å²) in [7, 11) is 0. The molecule has 2 amide bonds. The number of hydrogen-bond donors (Lipinski definition) is 1. The van der Waals surface area contributed by atoms with E-state index in [2.05, 4.69) is 10.3 Å². The van der Waals surface area contributed by atoms with Gasteiger partial charge >= 0.3 is 12.2 Å². The van der Waals surface area contributed by atoms with Crippen molar-refractivity contribution < 1.29 is 22.7 Å². The normalized spacial score (nSPS) is 14.7. The van der Waals surface area contributed by atoms with Gasteiger partial charge in [0.15, 0.2) is 0 Å². The lowest BCUT2D eigenvalue weighted by Gasteiger charge is -2.38. The molecule has 1 aliphatic rings. The van der Waals surface area contributed by atoms with Crippen molar-refractivity contribution in [3.63, 3.8) is 0 Å². The highest BCUT2D eigenvalue weighted by molar-refractivity contribution is 6.42. The number of halogens is 5. The standard InChI is InChI=1S/C16H12Cl2F3N3O2/c17-11-5-4-9(6-12(11)18)22-15(25)24-7-10(8-24)26-14-3-1-2-13(23-14)16(19,20)21/h1-6,10H,7-8H2,(H,22,25). The minimum atomic E-state index is -4.54. The number of nitrogens with one attached hydrogen (secondary N) is 1. The van der Waals surface area contributed by atoms with Crippen molar-refractivity contribution in [3.05, 3.63) is 52.1 Å². The maximum Gasteiger partial charge on any atom is 0.433 e. The van der Waals surface area contributed by atoms with Gasteiger partial charge in [-0.15, -0.1) is 0 Å². The smallest absolute Gasteiger partial charge is 0.433 e. The van der Waals surface area contributed by atoms with Gasteiger partial charge in [0.05, 0.1) is 23.1 Å². The number of benzene rings is 1. The van der Waals surface area contributed by atoms with Crippen LogP contribution in [0.5, 0.6) is 5.88 Å². The van der Waals surface area contributed by atoms with E-state index in [1.54, 1.807) is 12.1 Å². The molecule has 2 heterocycles. The molecule has 2 aromatic rings. The van der Waals surface area contributed by atoms with E-state index >= 15 is 0 Å². The molecule has 1 fully saturated rings. The largest absolute Gasteiger partial charge is 0.471 e. The number of alkyl halides is 3. The molecule has 26 heavy (non-hydrogen) atoms. The van der Waals surface area contributed by atoms with Crippen LogP contribution in [0.25, 0.3) is 0 Å². The van der Waals surface area contributed by atoms with E-state index in [0.717, 1.165) is 6.07 Å². The average Bonchev–Trinajstić information content (AvgIpc) is 2.53. The zero-order chi connectivity index (χ0) is 18.9. The molecular weight excluding hydrogens is 394 g/mol. The lowest BCUT2D eigenvalue weighted by Crippen LogP contribution is -2.57. The van der Waals surface area contributed by atoms with Gasteiger partial charge in [0, 0.05) is 11.8 Å². The summed E-state index contributed by atoms with van der Waals surface area (Å²) in [5, 5.41) is 3.33. The second-order valence-corrected chi connectivity index (χ2v) is 6.38. The number of likely N-dealkylation sites (tertiary alicyclic amines) is 1. The topological polar surface area (TPSA) is 54.5 Å². The number of amides is 2. The van der Waals surface area contributed by atoms with Crippen LogP contribution >= 0.6 is 23.2 Å². The number of ether oxygens (including phenoxy) is 1. The molecule has 5 nitrogen and oxygen atoms in total. The molecule has 0 unspecified atom stereocenters. The number of anilines is 1. The monoisotopic (exact) mass is 405 g/mol.